The number of rotatable bonds is 1. The van der Waals surface area contributed by atoms with Gasteiger partial charge >= 0.3 is 0 Å². The van der Waals surface area contributed by atoms with Crippen molar-refractivity contribution in [2.75, 3.05) is 11.4 Å². The SMILES string of the molecule is S=C1OC2(CCCN2c2ccc(Cl)cc2)c2ccccc21. The van der Waals surface area contributed by atoms with Crippen LogP contribution in [0.3, 0.4) is 0 Å². The fourth-order valence-electron chi connectivity index (χ4n) is 3.40. The first-order valence-electron chi connectivity index (χ1n) is 7.07. The molecule has 1 saturated heterocycles. The Balaban J connectivity index is 1.84. The summed E-state index contributed by atoms with van der Waals surface area (Å²) in [5.74, 6) is 0. The van der Waals surface area contributed by atoms with E-state index >= 15 is 0 Å². The van der Waals surface area contributed by atoms with E-state index in [4.69, 9.17) is 28.6 Å². The molecule has 2 aliphatic rings. The predicted molar refractivity (Wildman–Crippen MR) is 88.9 cm³/mol. The molecule has 2 aromatic rings. The van der Waals surface area contributed by atoms with Crippen LogP contribution >= 0.6 is 23.8 Å². The van der Waals surface area contributed by atoms with Crippen LogP contribution in [-0.4, -0.2) is 11.6 Å². The summed E-state index contributed by atoms with van der Waals surface area (Å²) in [6.07, 6.45) is 2.03. The van der Waals surface area contributed by atoms with Crippen LogP contribution in [-0.2, 0) is 10.5 Å². The number of fused-ring (bicyclic) bond motifs is 2. The molecule has 4 rings (SSSR count). The van der Waals surface area contributed by atoms with Gasteiger partial charge in [0.05, 0.1) is 0 Å². The van der Waals surface area contributed by atoms with Gasteiger partial charge in [0.15, 0.2) is 5.05 Å². The van der Waals surface area contributed by atoms with Crippen molar-refractivity contribution in [1.29, 1.82) is 0 Å². The summed E-state index contributed by atoms with van der Waals surface area (Å²) in [6.45, 7) is 0.957. The van der Waals surface area contributed by atoms with E-state index in [1.54, 1.807) is 0 Å². The molecule has 4 heteroatoms. The minimum Gasteiger partial charge on any atom is -0.453 e. The third kappa shape index (κ3) is 1.88. The Morgan fingerprint density at radius 3 is 2.67 bits per heavy atom. The van der Waals surface area contributed by atoms with Crippen LogP contribution in [0.25, 0.3) is 0 Å². The van der Waals surface area contributed by atoms with Crippen molar-refractivity contribution in [2.24, 2.45) is 0 Å². The van der Waals surface area contributed by atoms with Crippen molar-refractivity contribution in [3.8, 4) is 0 Å². The standard InChI is InChI=1S/C17H14ClNOS/c18-12-6-8-13(9-7-12)19-11-3-10-17(19)15-5-2-1-4-14(15)16(21)20-17/h1-2,4-9H,3,10-11H2. The normalized spacial score (nSPS) is 23.5. The summed E-state index contributed by atoms with van der Waals surface area (Å²) in [5, 5.41) is 1.35. The number of hydrogen-bond donors (Lipinski definition) is 0. The Morgan fingerprint density at radius 2 is 1.86 bits per heavy atom. The summed E-state index contributed by atoms with van der Waals surface area (Å²) in [4.78, 5) is 2.31. The highest BCUT2D eigenvalue weighted by Gasteiger charge is 2.51. The van der Waals surface area contributed by atoms with E-state index in [0.29, 0.717) is 5.05 Å². The largest absolute Gasteiger partial charge is 0.453 e. The highest BCUT2D eigenvalue weighted by atomic mass is 35.5. The summed E-state index contributed by atoms with van der Waals surface area (Å²) in [6, 6.07) is 16.2. The molecule has 106 valence electrons. The van der Waals surface area contributed by atoms with Gasteiger partial charge in [-0.25, -0.2) is 0 Å². The molecule has 2 nitrogen and oxygen atoms in total. The van der Waals surface area contributed by atoms with Crippen molar-refractivity contribution in [3.63, 3.8) is 0 Å². The zero-order chi connectivity index (χ0) is 14.4. The molecule has 2 aromatic carbocycles. The monoisotopic (exact) mass is 315 g/mol. The predicted octanol–water partition coefficient (Wildman–Crippen LogP) is 4.50. The molecule has 0 aromatic heterocycles. The van der Waals surface area contributed by atoms with E-state index in [-0.39, 0.29) is 0 Å². The van der Waals surface area contributed by atoms with E-state index < -0.39 is 5.72 Å². The second-order valence-corrected chi connectivity index (χ2v) is 6.26. The lowest BCUT2D eigenvalue weighted by Gasteiger charge is -2.36. The van der Waals surface area contributed by atoms with Crippen LogP contribution in [0.4, 0.5) is 5.69 Å². The van der Waals surface area contributed by atoms with Gasteiger partial charge in [0.1, 0.15) is 0 Å². The Kier molecular flexibility index (Phi) is 2.95. The lowest BCUT2D eigenvalue weighted by atomic mass is 9.97. The number of halogens is 1. The van der Waals surface area contributed by atoms with Gasteiger partial charge in [-0.1, -0.05) is 29.8 Å². The fraction of sp³-hybridized carbons (Fsp3) is 0.235. The van der Waals surface area contributed by atoms with Crippen molar-refractivity contribution in [2.45, 2.75) is 18.6 Å². The molecule has 1 atom stereocenters. The van der Waals surface area contributed by atoms with Gasteiger partial charge in [-0.3, -0.25) is 0 Å². The van der Waals surface area contributed by atoms with Gasteiger partial charge in [0, 0.05) is 34.8 Å². The first-order chi connectivity index (χ1) is 10.2. The maximum atomic E-state index is 6.20. The molecule has 2 aliphatic heterocycles. The Hall–Kier alpha value is -1.58. The molecule has 0 radical (unpaired) electrons. The van der Waals surface area contributed by atoms with E-state index in [1.165, 1.54) is 5.56 Å². The molecule has 0 saturated carbocycles. The zero-order valence-electron chi connectivity index (χ0n) is 11.4. The van der Waals surface area contributed by atoms with Crippen LogP contribution in [0.2, 0.25) is 5.02 Å². The smallest absolute Gasteiger partial charge is 0.211 e. The number of nitrogens with zero attached hydrogens (tertiary/aromatic N) is 1. The Bertz CT molecular complexity index is 715. The maximum Gasteiger partial charge on any atom is 0.211 e. The second kappa shape index (κ2) is 4.72. The second-order valence-electron chi connectivity index (χ2n) is 5.45. The van der Waals surface area contributed by atoms with Gasteiger partial charge in [-0.2, -0.15) is 0 Å². The van der Waals surface area contributed by atoms with Crippen LogP contribution in [0.1, 0.15) is 24.0 Å². The minimum absolute atomic E-state index is 0.443. The molecule has 1 spiro atoms. The average Bonchev–Trinajstić information content (AvgIpc) is 3.04. The summed E-state index contributed by atoms with van der Waals surface area (Å²) < 4.78 is 6.20. The first kappa shape index (κ1) is 13.1. The zero-order valence-corrected chi connectivity index (χ0v) is 13.0. The molecule has 0 bridgehead atoms. The van der Waals surface area contributed by atoms with E-state index in [2.05, 4.69) is 17.0 Å². The molecule has 0 aliphatic carbocycles. The minimum atomic E-state index is -0.443. The lowest BCUT2D eigenvalue weighted by molar-refractivity contribution is 0.0829. The number of ether oxygens (including phenoxy) is 1. The highest BCUT2D eigenvalue weighted by molar-refractivity contribution is 7.80. The van der Waals surface area contributed by atoms with E-state index in [1.807, 2.05) is 36.4 Å². The topological polar surface area (TPSA) is 12.5 Å². The molecule has 0 N–H and O–H groups in total. The van der Waals surface area contributed by atoms with E-state index in [0.717, 1.165) is 35.7 Å². The van der Waals surface area contributed by atoms with Crippen LogP contribution in [0.5, 0.6) is 0 Å². The molecular formula is C17H14ClNOS. The molecule has 21 heavy (non-hydrogen) atoms. The summed E-state index contributed by atoms with van der Waals surface area (Å²) in [5.41, 5.74) is 2.91. The number of hydrogen-bond acceptors (Lipinski definition) is 3. The summed E-state index contributed by atoms with van der Waals surface area (Å²) in [7, 11) is 0. The number of benzene rings is 2. The van der Waals surface area contributed by atoms with Gasteiger partial charge < -0.3 is 9.64 Å². The van der Waals surface area contributed by atoms with Crippen LogP contribution in [0, 0.1) is 0 Å². The fourth-order valence-corrected chi connectivity index (χ4v) is 3.84. The van der Waals surface area contributed by atoms with Crippen molar-refractivity contribution in [3.05, 3.63) is 64.7 Å². The average molecular weight is 316 g/mol. The maximum absolute atomic E-state index is 6.20. The third-order valence-electron chi connectivity index (χ3n) is 4.30. The van der Waals surface area contributed by atoms with Gasteiger partial charge in [0.2, 0.25) is 5.72 Å². The molecule has 1 unspecified atom stereocenters. The lowest BCUT2D eigenvalue weighted by Crippen LogP contribution is -2.41. The van der Waals surface area contributed by atoms with Crippen molar-refractivity contribution in [1.82, 2.24) is 0 Å². The van der Waals surface area contributed by atoms with Crippen LogP contribution in [0.15, 0.2) is 48.5 Å². The van der Waals surface area contributed by atoms with Crippen molar-refractivity contribution < 1.29 is 4.74 Å². The molecule has 2 heterocycles. The Labute approximate surface area is 134 Å². The third-order valence-corrected chi connectivity index (χ3v) is 4.86. The highest BCUT2D eigenvalue weighted by Crippen LogP contribution is 2.48. The molecule has 1 fully saturated rings. The van der Waals surface area contributed by atoms with Gasteiger partial charge in [-0.15, -0.1) is 0 Å². The van der Waals surface area contributed by atoms with Crippen LogP contribution < -0.4 is 4.90 Å². The molecular weight excluding hydrogens is 302 g/mol. The first-order valence-corrected chi connectivity index (χ1v) is 7.85. The van der Waals surface area contributed by atoms with E-state index in [9.17, 15) is 0 Å². The number of thiocarbonyl (C=S) groups is 1. The quantitative estimate of drug-likeness (QED) is 0.719. The van der Waals surface area contributed by atoms with Gasteiger partial charge in [0.25, 0.3) is 0 Å². The number of anilines is 1. The molecule has 0 amide bonds. The Morgan fingerprint density at radius 1 is 1.10 bits per heavy atom. The van der Waals surface area contributed by atoms with Gasteiger partial charge in [-0.05, 0) is 49.0 Å². The van der Waals surface area contributed by atoms with Crippen molar-refractivity contribution >= 4 is 34.6 Å². The summed E-state index contributed by atoms with van der Waals surface area (Å²) >= 11 is 11.4.